The van der Waals surface area contributed by atoms with Crippen molar-refractivity contribution < 1.29 is 4.39 Å². The Bertz CT molecular complexity index is 489. The molecule has 0 saturated heterocycles. The highest BCUT2D eigenvalue weighted by Gasteiger charge is 2.09. The molecule has 0 aliphatic carbocycles. The fourth-order valence-corrected chi connectivity index (χ4v) is 1.30. The van der Waals surface area contributed by atoms with Crippen LogP contribution in [0, 0.1) is 12.7 Å². The minimum absolute atomic E-state index is 0.0826. The van der Waals surface area contributed by atoms with E-state index >= 15 is 0 Å². The molecule has 0 bridgehead atoms. The van der Waals surface area contributed by atoms with E-state index in [1.807, 2.05) is 0 Å². The zero-order valence-corrected chi connectivity index (χ0v) is 8.66. The van der Waals surface area contributed by atoms with Crippen LogP contribution < -0.4 is 5.73 Å². The smallest absolute Gasteiger partial charge is 0.189 e. The average Bonchev–Trinajstić information content (AvgIpc) is 2.46. The maximum atomic E-state index is 13.4. The zero-order valence-electron chi connectivity index (χ0n) is 7.91. The Kier molecular flexibility index (Phi) is 2.32. The molecule has 0 atom stereocenters. The molecule has 0 aliphatic heterocycles. The molecule has 2 aromatic rings. The molecule has 0 saturated carbocycles. The number of aromatic nitrogens is 3. The van der Waals surface area contributed by atoms with Crippen LogP contribution in [0.1, 0.15) is 5.56 Å². The van der Waals surface area contributed by atoms with Crippen LogP contribution >= 0.6 is 11.6 Å². The van der Waals surface area contributed by atoms with Crippen molar-refractivity contribution in [3.05, 3.63) is 34.9 Å². The number of halogens is 2. The summed E-state index contributed by atoms with van der Waals surface area (Å²) in [6.07, 6.45) is 2.96. The van der Waals surface area contributed by atoms with E-state index < -0.39 is 5.82 Å². The Hall–Kier alpha value is -1.62. The van der Waals surface area contributed by atoms with Gasteiger partial charge in [0.1, 0.15) is 5.82 Å². The summed E-state index contributed by atoms with van der Waals surface area (Å²) < 4.78 is 14.7. The molecule has 0 fully saturated rings. The van der Waals surface area contributed by atoms with Crippen LogP contribution in [0.4, 0.5) is 10.2 Å². The standard InChI is InChI=1S/C9H8ClFN4/c1-5-4-15(14-8(5)12)9-7(11)2-6(10)3-13-9/h2-4H,1H3,(H2,12,14). The molecule has 0 unspecified atom stereocenters. The summed E-state index contributed by atoms with van der Waals surface area (Å²) >= 11 is 5.58. The maximum absolute atomic E-state index is 13.4. The molecule has 0 aliphatic rings. The Morgan fingerprint density at radius 3 is 2.80 bits per heavy atom. The molecule has 4 nitrogen and oxygen atoms in total. The van der Waals surface area contributed by atoms with Crippen molar-refractivity contribution in [2.45, 2.75) is 6.92 Å². The Morgan fingerprint density at radius 1 is 1.53 bits per heavy atom. The number of nitrogen functional groups attached to an aromatic ring is 1. The van der Waals surface area contributed by atoms with Crippen molar-refractivity contribution >= 4 is 17.4 Å². The highest BCUT2D eigenvalue weighted by atomic mass is 35.5. The van der Waals surface area contributed by atoms with Crippen LogP contribution in [-0.2, 0) is 0 Å². The van der Waals surface area contributed by atoms with Crippen LogP contribution in [0.15, 0.2) is 18.5 Å². The first kappa shape index (κ1) is 9.92. The van der Waals surface area contributed by atoms with Gasteiger partial charge in [-0.15, -0.1) is 5.10 Å². The van der Waals surface area contributed by atoms with Gasteiger partial charge >= 0.3 is 0 Å². The molecule has 0 amide bonds. The van der Waals surface area contributed by atoms with E-state index in [2.05, 4.69) is 10.1 Å². The summed E-state index contributed by atoms with van der Waals surface area (Å²) in [4.78, 5) is 3.84. The van der Waals surface area contributed by atoms with Crippen LogP contribution in [0.25, 0.3) is 5.82 Å². The monoisotopic (exact) mass is 226 g/mol. The Labute approximate surface area is 90.5 Å². The second-order valence-electron chi connectivity index (χ2n) is 3.10. The summed E-state index contributed by atoms with van der Waals surface area (Å²) in [5.74, 6) is -0.102. The molecular weight excluding hydrogens is 219 g/mol. The minimum Gasteiger partial charge on any atom is -0.382 e. The summed E-state index contributed by atoms with van der Waals surface area (Å²) in [5, 5.41) is 4.16. The number of pyridine rings is 1. The normalized spacial score (nSPS) is 10.6. The van der Waals surface area contributed by atoms with Gasteiger partial charge < -0.3 is 5.73 Å². The molecule has 6 heteroatoms. The van der Waals surface area contributed by atoms with Crippen molar-refractivity contribution in [3.8, 4) is 5.82 Å². The number of rotatable bonds is 1. The number of aryl methyl sites for hydroxylation is 1. The lowest BCUT2D eigenvalue weighted by atomic mass is 10.4. The van der Waals surface area contributed by atoms with E-state index in [1.165, 1.54) is 16.9 Å². The second-order valence-corrected chi connectivity index (χ2v) is 3.54. The Morgan fingerprint density at radius 2 is 2.27 bits per heavy atom. The molecular formula is C9H8ClFN4. The highest BCUT2D eigenvalue weighted by molar-refractivity contribution is 6.30. The number of anilines is 1. The Balaban J connectivity index is 2.54. The summed E-state index contributed by atoms with van der Waals surface area (Å²) in [5.41, 5.74) is 6.32. The van der Waals surface area contributed by atoms with Crippen molar-refractivity contribution in [3.63, 3.8) is 0 Å². The lowest BCUT2D eigenvalue weighted by Crippen LogP contribution is -2.02. The van der Waals surface area contributed by atoms with Gasteiger partial charge in [0.05, 0.1) is 5.02 Å². The topological polar surface area (TPSA) is 56.7 Å². The molecule has 0 radical (unpaired) electrons. The number of nitrogens with zero attached hydrogens (tertiary/aromatic N) is 3. The SMILES string of the molecule is Cc1cn(-c2ncc(Cl)cc2F)nc1N. The predicted molar refractivity (Wildman–Crippen MR) is 55.5 cm³/mol. The molecule has 15 heavy (non-hydrogen) atoms. The van der Waals surface area contributed by atoms with Crippen molar-refractivity contribution in [2.24, 2.45) is 0 Å². The molecule has 2 N–H and O–H groups in total. The molecule has 2 heterocycles. The van der Waals surface area contributed by atoms with Gasteiger partial charge in [-0.3, -0.25) is 0 Å². The second kappa shape index (κ2) is 3.51. The van der Waals surface area contributed by atoms with Crippen LogP contribution in [-0.4, -0.2) is 14.8 Å². The van der Waals surface area contributed by atoms with E-state index in [0.717, 1.165) is 5.56 Å². The lowest BCUT2D eigenvalue weighted by molar-refractivity contribution is 0.601. The first-order valence-electron chi connectivity index (χ1n) is 4.21. The fraction of sp³-hybridized carbons (Fsp3) is 0.111. The number of hydrogen-bond donors (Lipinski definition) is 1. The van der Waals surface area contributed by atoms with Gasteiger partial charge in [-0.05, 0) is 13.0 Å². The van der Waals surface area contributed by atoms with E-state index in [4.69, 9.17) is 17.3 Å². The predicted octanol–water partition coefficient (Wildman–Crippen LogP) is 1.95. The van der Waals surface area contributed by atoms with E-state index in [-0.39, 0.29) is 10.8 Å². The minimum atomic E-state index is -0.537. The summed E-state index contributed by atoms with van der Waals surface area (Å²) in [6.45, 7) is 1.78. The van der Waals surface area contributed by atoms with Gasteiger partial charge in [0.25, 0.3) is 0 Å². The molecule has 0 aromatic carbocycles. The molecule has 2 rings (SSSR count). The third-order valence-corrected chi connectivity index (χ3v) is 2.15. The van der Waals surface area contributed by atoms with Crippen LogP contribution in [0.5, 0.6) is 0 Å². The fourth-order valence-electron chi connectivity index (χ4n) is 1.16. The first-order valence-corrected chi connectivity index (χ1v) is 4.59. The van der Waals surface area contributed by atoms with Gasteiger partial charge in [0, 0.05) is 18.0 Å². The lowest BCUT2D eigenvalue weighted by Gasteiger charge is -2.01. The van der Waals surface area contributed by atoms with E-state index in [9.17, 15) is 4.39 Å². The van der Waals surface area contributed by atoms with E-state index in [1.54, 1.807) is 13.1 Å². The zero-order chi connectivity index (χ0) is 11.0. The molecule has 0 spiro atoms. The highest BCUT2D eigenvalue weighted by Crippen LogP contribution is 2.16. The molecule has 2 aromatic heterocycles. The van der Waals surface area contributed by atoms with Gasteiger partial charge in [-0.2, -0.15) is 0 Å². The van der Waals surface area contributed by atoms with Gasteiger partial charge in [0.15, 0.2) is 11.6 Å². The van der Waals surface area contributed by atoms with Crippen molar-refractivity contribution in [1.29, 1.82) is 0 Å². The quantitative estimate of drug-likeness (QED) is 0.809. The van der Waals surface area contributed by atoms with Crippen molar-refractivity contribution in [2.75, 3.05) is 5.73 Å². The average molecular weight is 227 g/mol. The number of nitrogens with two attached hydrogens (primary N) is 1. The third-order valence-electron chi connectivity index (χ3n) is 1.94. The number of hydrogen-bond acceptors (Lipinski definition) is 3. The maximum Gasteiger partial charge on any atom is 0.189 e. The molecule has 78 valence electrons. The first-order chi connectivity index (χ1) is 7.08. The van der Waals surface area contributed by atoms with Gasteiger partial charge in [-0.25, -0.2) is 14.1 Å². The summed E-state index contributed by atoms with van der Waals surface area (Å²) in [7, 11) is 0. The van der Waals surface area contributed by atoms with Crippen LogP contribution in [0.3, 0.4) is 0 Å². The van der Waals surface area contributed by atoms with Gasteiger partial charge in [-0.1, -0.05) is 11.6 Å². The van der Waals surface area contributed by atoms with Gasteiger partial charge in [0.2, 0.25) is 0 Å². The van der Waals surface area contributed by atoms with Crippen LogP contribution in [0.2, 0.25) is 5.02 Å². The van der Waals surface area contributed by atoms with E-state index in [0.29, 0.717) is 5.82 Å². The largest absolute Gasteiger partial charge is 0.382 e. The third kappa shape index (κ3) is 1.78. The summed E-state index contributed by atoms with van der Waals surface area (Å²) in [6, 6.07) is 1.18. The van der Waals surface area contributed by atoms with Crippen molar-refractivity contribution in [1.82, 2.24) is 14.8 Å².